The van der Waals surface area contributed by atoms with Crippen LogP contribution in [0.5, 0.6) is 0 Å². The van der Waals surface area contributed by atoms with E-state index in [2.05, 4.69) is 5.32 Å². The van der Waals surface area contributed by atoms with Crippen LogP contribution in [0.1, 0.15) is 18.4 Å². The molecule has 102 valence electrons. The first-order chi connectivity index (χ1) is 9.15. The van der Waals surface area contributed by atoms with Gasteiger partial charge in [-0.15, -0.1) is 0 Å². The summed E-state index contributed by atoms with van der Waals surface area (Å²) in [7, 11) is 0. The van der Waals surface area contributed by atoms with Crippen LogP contribution in [0.4, 0.5) is 0 Å². The maximum atomic E-state index is 11.6. The molecule has 1 aromatic carbocycles. The van der Waals surface area contributed by atoms with Crippen LogP contribution in [0.3, 0.4) is 0 Å². The van der Waals surface area contributed by atoms with E-state index in [0.717, 1.165) is 25.0 Å². The van der Waals surface area contributed by atoms with Crippen LogP contribution in [0.2, 0.25) is 10.0 Å². The lowest BCUT2D eigenvalue weighted by Gasteiger charge is -2.08. The topological polar surface area (TPSA) is 38.3 Å². The van der Waals surface area contributed by atoms with Gasteiger partial charge in [-0.1, -0.05) is 29.3 Å². The second kappa shape index (κ2) is 6.94. The molecule has 3 nitrogen and oxygen atoms in total. The maximum Gasteiger partial charge on any atom is 0.244 e. The quantitative estimate of drug-likeness (QED) is 0.866. The molecule has 1 saturated heterocycles. The standard InChI is InChI=1S/C14H15Cl2NO2/c15-12-5-3-10(8-13(12)16)4-6-14(18)17-9-11-2-1-7-19-11/h3-6,8,11H,1-2,7,9H2,(H,17,18)/b6-4+. The highest BCUT2D eigenvalue weighted by Crippen LogP contribution is 2.23. The summed E-state index contributed by atoms with van der Waals surface area (Å²) >= 11 is 11.7. The van der Waals surface area contributed by atoms with Crippen LogP contribution >= 0.6 is 23.2 Å². The monoisotopic (exact) mass is 299 g/mol. The molecular weight excluding hydrogens is 285 g/mol. The largest absolute Gasteiger partial charge is 0.376 e. The highest BCUT2D eigenvalue weighted by Gasteiger charge is 2.15. The lowest BCUT2D eigenvalue weighted by Crippen LogP contribution is -2.30. The molecule has 1 aliphatic rings. The fourth-order valence-corrected chi connectivity index (χ4v) is 2.17. The molecule has 1 amide bonds. The van der Waals surface area contributed by atoms with Crippen molar-refractivity contribution in [3.63, 3.8) is 0 Å². The van der Waals surface area contributed by atoms with E-state index in [1.54, 1.807) is 24.3 Å². The van der Waals surface area contributed by atoms with Crippen molar-refractivity contribution in [2.45, 2.75) is 18.9 Å². The number of hydrogen-bond donors (Lipinski definition) is 1. The first-order valence-electron chi connectivity index (χ1n) is 6.18. The Morgan fingerprint density at radius 1 is 1.42 bits per heavy atom. The van der Waals surface area contributed by atoms with Crippen molar-refractivity contribution >= 4 is 35.2 Å². The summed E-state index contributed by atoms with van der Waals surface area (Å²) in [5.74, 6) is -0.137. The van der Waals surface area contributed by atoms with Crippen LogP contribution in [0.25, 0.3) is 6.08 Å². The van der Waals surface area contributed by atoms with Crippen molar-refractivity contribution < 1.29 is 9.53 Å². The van der Waals surface area contributed by atoms with Gasteiger partial charge in [0.15, 0.2) is 0 Å². The van der Waals surface area contributed by atoms with Gasteiger partial charge in [0.25, 0.3) is 0 Å². The SMILES string of the molecule is O=C(/C=C/c1ccc(Cl)c(Cl)c1)NCC1CCCO1. The van der Waals surface area contributed by atoms with Crippen LogP contribution < -0.4 is 5.32 Å². The van der Waals surface area contributed by atoms with E-state index in [1.165, 1.54) is 6.08 Å². The number of hydrogen-bond acceptors (Lipinski definition) is 2. The Hall–Kier alpha value is -1.03. The van der Waals surface area contributed by atoms with Gasteiger partial charge in [0, 0.05) is 19.2 Å². The van der Waals surface area contributed by atoms with Crippen LogP contribution in [-0.4, -0.2) is 25.2 Å². The van der Waals surface area contributed by atoms with E-state index < -0.39 is 0 Å². The number of benzene rings is 1. The predicted octanol–water partition coefficient (Wildman–Crippen LogP) is 3.30. The lowest BCUT2D eigenvalue weighted by molar-refractivity contribution is -0.116. The molecule has 0 aliphatic carbocycles. The molecule has 1 aromatic rings. The summed E-state index contributed by atoms with van der Waals surface area (Å²) in [6, 6.07) is 5.22. The zero-order valence-electron chi connectivity index (χ0n) is 10.4. The van der Waals surface area contributed by atoms with E-state index in [9.17, 15) is 4.79 Å². The Morgan fingerprint density at radius 2 is 2.26 bits per heavy atom. The summed E-state index contributed by atoms with van der Waals surface area (Å²) in [5, 5.41) is 3.79. The van der Waals surface area contributed by atoms with Gasteiger partial charge in [0.1, 0.15) is 0 Å². The van der Waals surface area contributed by atoms with Crippen molar-refractivity contribution in [2.75, 3.05) is 13.2 Å². The van der Waals surface area contributed by atoms with Crippen molar-refractivity contribution in [1.29, 1.82) is 0 Å². The highest BCUT2D eigenvalue weighted by atomic mass is 35.5. The maximum absolute atomic E-state index is 11.6. The smallest absolute Gasteiger partial charge is 0.244 e. The molecule has 2 rings (SSSR count). The van der Waals surface area contributed by atoms with Gasteiger partial charge in [0.2, 0.25) is 5.91 Å². The molecule has 1 atom stereocenters. The van der Waals surface area contributed by atoms with E-state index in [-0.39, 0.29) is 12.0 Å². The molecular formula is C14H15Cl2NO2. The van der Waals surface area contributed by atoms with Gasteiger partial charge in [-0.25, -0.2) is 0 Å². The summed E-state index contributed by atoms with van der Waals surface area (Å²) in [6.45, 7) is 1.35. The van der Waals surface area contributed by atoms with Gasteiger partial charge < -0.3 is 10.1 Å². The lowest BCUT2D eigenvalue weighted by atomic mass is 10.2. The first-order valence-corrected chi connectivity index (χ1v) is 6.93. The van der Waals surface area contributed by atoms with Crippen molar-refractivity contribution in [3.05, 3.63) is 39.9 Å². The Morgan fingerprint density at radius 3 is 2.95 bits per heavy atom. The fourth-order valence-electron chi connectivity index (χ4n) is 1.87. The third kappa shape index (κ3) is 4.53. The molecule has 1 fully saturated rings. The molecule has 1 unspecified atom stereocenters. The average Bonchev–Trinajstić information content (AvgIpc) is 2.91. The number of rotatable bonds is 4. The normalized spacial score (nSPS) is 18.9. The second-order valence-corrected chi connectivity index (χ2v) is 5.20. The Labute approximate surface area is 122 Å². The van der Waals surface area contributed by atoms with Gasteiger partial charge in [-0.3, -0.25) is 4.79 Å². The van der Waals surface area contributed by atoms with Gasteiger partial charge in [-0.05, 0) is 36.6 Å². The highest BCUT2D eigenvalue weighted by molar-refractivity contribution is 6.42. The molecule has 5 heteroatoms. The van der Waals surface area contributed by atoms with E-state index >= 15 is 0 Å². The number of amides is 1. The summed E-state index contributed by atoms with van der Waals surface area (Å²) < 4.78 is 5.42. The Bertz CT molecular complexity index is 482. The first kappa shape index (κ1) is 14.4. The number of ether oxygens (including phenoxy) is 1. The van der Waals surface area contributed by atoms with Crippen molar-refractivity contribution in [3.8, 4) is 0 Å². The van der Waals surface area contributed by atoms with Crippen molar-refractivity contribution in [2.24, 2.45) is 0 Å². The molecule has 0 radical (unpaired) electrons. The minimum Gasteiger partial charge on any atom is -0.376 e. The Kier molecular flexibility index (Phi) is 5.25. The third-order valence-electron chi connectivity index (χ3n) is 2.90. The summed E-state index contributed by atoms with van der Waals surface area (Å²) in [4.78, 5) is 11.6. The molecule has 1 heterocycles. The molecule has 1 aliphatic heterocycles. The number of halogens is 2. The van der Waals surface area contributed by atoms with Gasteiger partial charge in [0.05, 0.1) is 16.1 Å². The van der Waals surface area contributed by atoms with Gasteiger partial charge >= 0.3 is 0 Å². The van der Waals surface area contributed by atoms with E-state index in [4.69, 9.17) is 27.9 Å². The van der Waals surface area contributed by atoms with Crippen molar-refractivity contribution in [1.82, 2.24) is 5.32 Å². The van der Waals surface area contributed by atoms with Crippen LogP contribution in [-0.2, 0) is 9.53 Å². The number of nitrogens with one attached hydrogen (secondary N) is 1. The molecule has 19 heavy (non-hydrogen) atoms. The average molecular weight is 300 g/mol. The zero-order valence-corrected chi connectivity index (χ0v) is 11.9. The third-order valence-corrected chi connectivity index (χ3v) is 3.64. The second-order valence-electron chi connectivity index (χ2n) is 4.39. The fraction of sp³-hybridized carbons (Fsp3) is 0.357. The van der Waals surface area contributed by atoms with E-state index in [1.807, 2.05) is 0 Å². The minimum atomic E-state index is -0.137. The number of carbonyl (C=O) groups is 1. The number of carbonyl (C=O) groups excluding carboxylic acids is 1. The van der Waals surface area contributed by atoms with Crippen LogP contribution in [0.15, 0.2) is 24.3 Å². The summed E-state index contributed by atoms with van der Waals surface area (Å²) in [5.41, 5.74) is 0.835. The summed E-state index contributed by atoms with van der Waals surface area (Å²) in [6.07, 6.45) is 5.42. The Balaban J connectivity index is 1.83. The van der Waals surface area contributed by atoms with Crippen LogP contribution in [0, 0.1) is 0 Å². The molecule has 0 spiro atoms. The van der Waals surface area contributed by atoms with Gasteiger partial charge in [-0.2, -0.15) is 0 Å². The van der Waals surface area contributed by atoms with E-state index in [0.29, 0.717) is 16.6 Å². The molecule has 0 bridgehead atoms. The minimum absolute atomic E-state index is 0.137. The predicted molar refractivity (Wildman–Crippen MR) is 77.5 cm³/mol. The molecule has 0 aromatic heterocycles. The molecule has 0 saturated carbocycles. The zero-order chi connectivity index (χ0) is 13.7. The molecule has 1 N–H and O–H groups in total.